The third kappa shape index (κ3) is 4.47. The van der Waals surface area contributed by atoms with Crippen molar-refractivity contribution in [1.29, 1.82) is 0 Å². The van der Waals surface area contributed by atoms with Crippen LogP contribution in [-0.4, -0.2) is 37.0 Å². The Morgan fingerprint density at radius 3 is 2.39 bits per heavy atom. The first kappa shape index (κ1) is 22.5. The zero-order valence-corrected chi connectivity index (χ0v) is 17.7. The van der Waals surface area contributed by atoms with E-state index in [2.05, 4.69) is 5.32 Å². The number of hydrogen-bond donors (Lipinski definition) is 1. The van der Waals surface area contributed by atoms with Crippen molar-refractivity contribution in [2.75, 3.05) is 25.6 Å². The van der Waals surface area contributed by atoms with Crippen molar-refractivity contribution in [2.24, 2.45) is 0 Å². The maximum absolute atomic E-state index is 14.3. The molecule has 8 heteroatoms. The van der Waals surface area contributed by atoms with E-state index in [-0.39, 0.29) is 24.7 Å². The Morgan fingerprint density at radius 2 is 1.70 bits per heavy atom. The lowest BCUT2D eigenvalue weighted by atomic mass is 9.79. The molecule has 1 aliphatic rings. The monoisotopic (exact) mass is 454 g/mol. The Kier molecular flexibility index (Phi) is 6.46. The molecular weight excluding hydrogens is 433 g/mol. The molecule has 0 radical (unpaired) electrons. The normalized spacial score (nSPS) is 17.6. The highest BCUT2D eigenvalue weighted by molar-refractivity contribution is 6.04. The van der Waals surface area contributed by atoms with E-state index >= 15 is 0 Å². The van der Waals surface area contributed by atoms with Gasteiger partial charge in [0, 0.05) is 25.3 Å². The van der Waals surface area contributed by atoms with Gasteiger partial charge >= 0.3 is 0 Å². The van der Waals surface area contributed by atoms with Gasteiger partial charge in [0.2, 0.25) is 5.91 Å². The minimum absolute atomic E-state index is 0.181. The molecule has 3 aromatic rings. The second-order valence-electron chi connectivity index (χ2n) is 7.67. The standard InChI is InChI=1S/C25H21F3N2O3/c1-33-13-12-30-23(15-6-8-16(26)9-7-15)22(18-4-2-3-5-19(18)25(30)32)24(31)29-21-11-10-17(27)14-20(21)28/h2-11,14,22-23H,12-13H2,1H3,(H,29,31)/t22-,23+/m1/s1. The van der Waals surface area contributed by atoms with E-state index in [0.29, 0.717) is 22.8 Å². The minimum atomic E-state index is -0.939. The van der Waals surface area contributed by atoms with Crippen LogP contribution in [0.4, 0.5) is 18.9 Å². The zero-order valence-electron chi connectivity index (χ0n) is 17.7. The van der Waals surface area contributed by atoms with Gasteiger partial charge in [-0.1, -0.05) is 30.3 Å². The summed E-state index contributed by atoms with van der Waals surface area (Å²) in [7, 11) is 1.50. The number of fused-ring (bicyclic) bond motifs is 1. The molecule has 2 atom stereocenters. The highest BCUT2D eigenvalue weighted by Gasteiger charge is 2.44. The number of hydrogen-bond acceptors (Lipinski definition) is 3. The summed E-state index contributed by atoms with van der Waals surface area (Å²) in [6.45, 7) is 0.396. The Balaban J connectivity index is 1.83. The average Bonchev–Trinajstić information content (AvgIpc) is 2.80. The fourth-order valence-electron chi connectivity index (χ4n) is 4.14. The number of amides is 2. The molecule has 0 fully saturated rings. The largest absolute Gasteiger partial charge is 0.383 e. The maximum atomic E-state index is 14.3. The summed E-state index contributed by atoms with van der Waals surface area (Å²) in [6.07, 6.45) is 0. The van der Waals surface area contributed by atoms with Gasteiger partial charge in [0.15, 0.2) is 0 Å². The van der Waals surface area contributed by atoms with E-state index in [0.717, 1.165) is 12.1 Å². The van der Waals surface area contributed by atoms with Crippen LogP contribution in [0.3, 0.4) is 0 Å². The molecule has 1 heterocycles. The van der Waals surface area contributed by atoms with Crippen LogP contribution in [0.25, 0.3) is 0 Å². The molecule has 1 aliphatic heterocycles. The number of benzene rings is 3. The molecule has 0 saturated carbocycles. The number of rotatable bonds is 6. The Hall–Kier alpha value is -3.65. The first-order valence-electron chi connectivity index (χ1n) is 10.3. The SMILES string of the molecule is COCCN1C(=O)c2ccccc2[C@@H](C(=O)Nc2ccc(F)cc2F)[C@@H]1c1ccc(F)cc1. The molecular formula is C25H21F3N2O3. The van der Waals surface area contributed by atoms with E-state index in [4.69, 9.17) is 4.74 Å². The van der Waals surface area contributed by atoms with Gasteiger partial charge < -0.3 is 15.0 Å². The molecule has 5 nitrogen and oxygen atoms in total. The van der Waals surface area contributed by atoms with Gasteiger partial charge in [-0.05, 0) is 41.5 Å². The number of nitrogens with one attached hydrogen (secondary N) is 1. The van der Waals surface area contributed by atoms with Crippen LogP contribution in [-0.2, 0) is 9.53 Å². The number of methoxy groups -OCH3 is 1. The molecule has 1 N–H and O–H groups in total. The van der Waals surface area contributed by atoms with Gasteiger partial charge in [-0.15, -0.1) is 0 Å². The maximum Gasteiger partial charge on any atom is 0.254 e. The van der Waals surface area contributed by atoms with Crippen LogP contribution >= 0.6 is 0 Å². The number of halogens is 3. The predicted octanol–water partition coefficient (Wildman–Crippen LogP) is 4.67. The Labute approximate surface area is 188 Å². The van der Waals surface area contributed by atoms with Gasteiger partial charge in [-0.25, -0.2) is 13.2 Å². The third-order valence-corrected chi connectivity index (χ3v) is 5.66. The van der Waals surface area contributed by atoms with Crippen LogP contribution in [0.5, 0.6) is 0 Å². The second kappa shape index (κ2) is 9.46. The lowest BCUT2D eigenvalue weighted by Crippen LogP contribution is -2.47. The van der Waals surface area contributed by atoms with Crippen LogP contribution in [0.2, 0.25) is 0 Å². The average molecular weight is 454 g/mol. The Bertz CT molecular complexity index is 1180. The molecule has 2 amide bonds. The number of ether oxygens (including phenoxy) is 1. The summed E-state index contributed by atoms with van der Waals surface area (Å²) >= 11 is 0. The summed E-state index contributed by atoms with van der Waals surface area (Å²) in [6, 6.07) is 14.3. The smallest absolute Gasteiger partial charge is 0.254 e. The van der Waals surface area contributed by atoms with Crippen molar-refractivity contribution in [1.82, 2.24) is 4.90 Å². The number of carbonyl (C=O) groups is 2. The van der Waals surface area contributed by atoms with E-state index in [1.165, 1.54) is 36.3 Å². The van der Waals surface area contributed by atoms with Crippen molar-refractivity contribution in [2.45, 2.75) is 12.0 Å². The number of carbonyl (C=O) groups excluding carboxylic acids is 2. The summed E-state index contributed by atoms with van der Waals surface area (Å²) in [5.41, 5.74) is 1.16. The fourth-order valence-corrected chi connectivity index (χ4v) is 4.14. The summed E-state index contributed by atoms with van der Waals surface area (Å²) < 4.78 is 46.4. The topological polar surface area (TPSA) is 58.6 Å². The van der Waals surface area contributed by atoms with Crippen LogP contribution in [0, 0.1) is 17.5 Å². The summed E-state index contributed by atoms with van der Waals surface area (Å²) in [4.78, 5) is 28.4. The van der Waals surface area contributed by atoms with Crippen molar-refractivity contribution in [3.63, 3.8) is 0 Å². The van der Waals surface area contributed by atoms with E-state index in [9.17, 15) is 22.8 Å². The van der Waals surface area contributed by atoms with E-state index < -0.39 is 35.3 Å². The van der Waals surface area contributed by atoms with Crippen LogP contribution in [0.1, 0.15) is 33.4 Å². The van der Waals surface area contributed by atoms with E-state index in [1.807, 2.05) is 0 Å². The lowest BCUT2D eigenvalue weighted by Gasteiger charge is -2.41. The third-order valence-electron chi connectivity index (χ3n) is 5.66. The van der Waals surface area contributed by atoms with Crippen LogP contribution in [0.15, 0.2) is 66.7 Å². The molecule has 0 aliphatic carbocycles. The molecule has 0 saturated heterocycles. The van der Waals surface area contributed by atoms with E-state index in [1.54, 1.807) is 24.3 Å². The molecule has 0 aromatic heterocycles. The second-order valence-corrected chi connectivity index (χ2v) is 7.67. The molecule has 4 rings (SSSR count). The number of anilines is 1. The molecule has 0 spiro atoms. The van der Waals surface area contributed by atoms with Crippen molar-refractivity contribution in [3.05, 3.63) is 101 Å². The summed E-state index contributed by atoms with van der Waals surface area (Å²) in [5, 5.41) is 2.53. The predicted molar refractivity (Wildman–Crippen MR) is 116 cm³/mol. The van der Waals surface area contributed by atoms with Gasteiger partial charge in [-0.3, -0.25) is 9.59 Å². The van der Waals surface area contributed by atoms with Gasteiger partial charge in [-0.2, -0.15) is 0 Å². The molecule has 3 aromatic carbocycles. The number of nitrogens with zero attached hydrogens (tertiary/aromatic N) is 1. The van der Waals surface area contributed by atoms with Gasteiger partial charge in [0.25, 0.3) is 5.91 Å². The minimum Gasteiger partial charge on any atom is -0.383 e. The van der Waals surface area contributed by atoms with Crippen molar-refractivity contribution < 1.29 is 27.5 Å². The van der Waals surface area contributed by atoms with Crippen molar-refractivity contribution >= 4 is 17.5 Å². The molecule has 33 heavy (non-hydrogen) atoms. The lowest BCUT2D eigenvalue weighted by molar-refractivity contribution is -0.119. The first-order valence-corrected chi connectivity index (χ1v) is 10.3. The highest BCUT2D eigenvalue weighted by Crippen LogP contribution is 2.43. The molecule has 0 bridgehead atoms. The van der Waals surface area contributed by atoms with Crippen molar-refractivity contribution in [3.8, 4) is 0 Å². The molecule has 0 unspecified atom stereocenters. The fraction of sp³-hybridized carbons (Fsp3) is 0.200. The summed E-state index contributed by atoms with van der Waals surface area (Å²) in [5.74, 6) is -3.97. The van der Waals surface area contributed by atoms with Crippen LogP contribution < -0.4 is 5.32 Å². The zero-order chi connectivity index (χ0) is 23.5. The van der Waals surface area contributed by atoms with Gasteiger partial charge in [0.05, 0.1) is 24.3 Å². The highest BCUT2D eigenvalue weighted by atomic mass is 19.1. The quantitative estimate of drug-likeness (QED) is 0.589. The Morgan fingerprint density at radius 1 is 1.00 bits per heavy atom. The first-order chi connectivity index (χ1) is 15.9. The van der Waals surface area contributed by atoms with Gasteiger partial charge in [0.1, 0.15) is 17.5 Å². The molecule has 170 valence electrons.